The van der Waals surface area contributed by atoms with Gasteiger partial charge >= 0.3 is 0 Å². The Bertz CT molecular complexity index is 159. The lowest BCUT2D eigenvalue weighted by Gasteiger charge is -2.03. The van der Waals surface area contributed by atoms with Crippen LogP contribution in [0.3, 0.4) is 0 Å². The molecule has 1 rings (SSSR count). The topological polar surface area (TPSA) is 0 Å². The van der Waals surface area contributed by atoms with Gasteiger partial charge in [0.2, 0.25) is 0 Å². The van der Waals surface area contributed by atoms with Crippen LogP contribution in [0.1, 0.15) is 45.4 Å². The third kappa shape index (κ3) is 4.38. The van der Waals surface area contributed by atoms with Gasteiger partial charge in [-0.15, -0.1) is 6.58 Å². The van der Waals surface area contributed by atoms with Crippen molar-refractivity contribution in [3.05, 3.63) is 24.3 Å². The molecule has 0 spiro atoms. The number of unbranched alkanes of at least 4 members (excludes halogenated alkanes) is 2. The van der Waals surface area contributed by atoms with Gasteiger partial charge < -0.3 is 0 Å². The summed E-state index contributed by atoms with van der Waals surface area (Å²) < 4.78 is 0. The van der Waals surface area contributed by atoms with Gasteiger partial charge in [0.15, 0.2) is 0 Å². The van der Waals surface area contributed by atoms with E-state index < -0.39 is 0 Å². The summed E-state index contributed by atoms with van der Waals surface area (Å²) in [6.45, 7) is 6.06. The molecular formula is C12H20. The first-order chi connectivity index (χ1) is 5.83. The Morgan fingerprint density at radius 3 is 2.75 bits per heavy atom. The van der Waals surface area contributed by atoms with Crippen LogP contribution in [-0.2, 0) is 0 Å². The van der Waals surface area contributed by atoms with E-state index in [1.807, 2.05) is 6.08 Å². The number of hydrogen-bond acceptors (Lipinski definition) is 0. The maximum Gasteiger partial charge on any atom is -0.0259 e. The number of allylic oxidation sites excluding steroid dienone is 3. The van der Waals surface area contributed by atoms with E-state index in [1.54, 1.807) is 5.57 Å². The first-order valence-electron chi connectivity index (χ1n) is 5.13. The number of rotatable bonds is 6. The van der Waals surface area contributed by atoms with E-state index in [0.717, 1.165) is 5.92 Å². The second kappa shape index (κ2) is 5.18. The minimum atomic E-state index is 0.812. The van der Waals surface area contributed by atoms with Crippen molar-refractivity contribution in [1.29, 1.82) is 0 Å². The zero-order chi connectivity index (χ0) is 8.81. The van der Waals surface area contributed by atoms with Gasteiger partial charge in [-0.05, 0) is 38.0 Å². The summed E-state index contributed by atoms with van der Waals surface area (Å²) in [5, 5.41) is 0. The first-order valence-corrected chi connectivity index (χ1v) is 5.13. The fourth-order valence-electron chi connectivity index (χ4n) is 1.48. The highest BCUT2D eigenvalue weighted by molar-refractivity contribution is 5.17. The molecule has 0 heterocycles. The lowest BCUT2D eigenvalue weighted by Crippen LogP contribution is -1.88. The van der Waals surface area contributed by atoms with Crippen LogP contribution in [0.15, 0.2) is 24.3 Å². The summed E-state index contributed by atoms with van der Waals surface area (Å²) >= 11 is 0. The fraction of sp³-hybridized carbons (Fsp3) is 0.667. The zero-order valence-corrected chi connectivity index (χ0v) is 8.18. The predicted octanol–water partition coefficient (Wildman–Crippen LogP) is 4.09. The Morgan fingerprint density at radius 2 is 2.17 bits per heavy atom. The molecule has 0 bridgehead atoms. The maximum absolute atomic E-state index is 3.72. The van der Waals surface area contributed by atoms with Crippen LogP contribution >= 0.6 is 0 Å². The van der Waals surface area contributed by atoms with Gasteiger partial charge in [-0.25, -0.2) is 0 Å². The summed E-state index contributed by atoms with van der Waals surface area (Å²) in [6.07, 6.45) is 12.4. The molecule has 0 aliphatic heterocycles. The Hall–Kier alpha value is -0.520. The van der Waals surface area contributed by atoms with Crippen molar-refractivity contribution in [3.63, 3.8) is 0 Å². The van der Waals surface area contributed by atoms with Crippen LogP contribution in [0.5, 0.6) is 0 Å². The largest absolute Gasteiger partial charge is 0.103 e. The van der Waals surface area contributed by atoms with E-state index in [9.17, 15) is 0 Å². The lowest BCUT2D eigenvalue weighted by atomic mass is 10.0. The minimum absolute atomic E-state index is 0.812. The Balaban J connectivity index is 1.98. The number of hydrogen-bond donors (Lipinski definition) is 0. The molecule has 0 aromatic heterocycles. The average Bonchev–Trinajstić information content (AvgIpc) is 2.82. The maximum atomic E-state index is 3.72. The van der Waals surface area contributed by atoms with Gasteiger partial charge in [0.05, 0.1) is 0 Å². The molecule has 0 radical (unpaired) electrons. The van der Waals surface area contributed by atoms with Gasteiger partial charge in [-0.1, -0.05) is 31.1 Å². The highest BCUT2D eigenvalue weighted by Crippen LogP contribution is 2.30. The molecule has 0 N–H and O–H groups in total. The van der Waals surface area contributed by atoms with Crippen LogP contribution in [0, 0.1) is 5.92 Å². The normalized spacial score (nSPS) is 17.2. The van der Waals surface area contributed by atoms with E-state index >= 15 is 0 Å². The lowest BCUT2D eigenvalue weighted by molar-refractivity contribution is 0.584. The van der Waals surface area contributed by atoms with E-state index in [2.05, 4.69) is 19.6 Å². The molecule has 1 unspecified atom stereocenters. The molecule has 0 nitrogen and oxygen atoms in total. The first kappa shape index (κ1) is 9.57. The molecule has 1 saturated carbocycles. The molecule has 0 amide bonds. The van der Waals surface area contributed by atoms with Gasteiger partial charge in [0.25, 0.3) is 0 Å². The summed E-state index contributed by atoms with van der Waals surface area (Å²) in [7, 11) is 0. The molecule has 68 valence electrons. The van der Waals surface area contributed by atoms with E-state index in [4.69, 9.17) is 0 Å². The second-order valence-corrected chi connectivity index (χ2v) is 3.88. The molecule has 0 saturated heterocycles. The van der Waals surface area contributed by atoms with Crippen LogP contribution in [-0.4, -0.2) is 0 Å². The molecule has 1 aliphatic carbocycles. The fourth-order valence-corrected chi connectivity index (χ4v) is 1.48. The highest BCUT2D eigenvalue weighted by Gasteiger charge is 2.11. The smallest absolute Gasteiger partial charge is 0.0259 e. The molecule has 0 aromatic carbocycles. The van der Waals surface area contributed by atoms with Gasteiger partial charge in [-0.3, -0.25) is 0 Å². The van der Waals surface area contributed by atoms with E-state index in [1.165, 1.54) is 38.5 Å². The monoisotopic (exact) mass is 164 g/mol. The van der Waals surface area contributed by atoms with Crippen LogP contribution < -0.4 is 0 Å². The molecule has 1 atom stereocenters. The summed E-state index contributed by atoms with van der Waals surface area (Å²) in [4.78, 5) is 0. The molecule has 12 heavy (non-hydrogen) atoms. The third-order valence-electron chi connectivity index (χ3n) is 2.38. The third-order valence-corrected chi connectivity index (χ3v) is 2.38. The Labute approximate surface area is 76.4 Å². The minimum Gasteiger partial charge on any atom is -0.103 e. The Morgan fingerprint density at radius 1 is 1.42 bits per heavy atom. The van der Waals surface area contributed by atoms with Crippen LogP contribution in [0.4, 0.5) is 0 Å². The van der Waals surface area contributed by atoms with Crippen LogP contribution in [0.2, 0.25) is 0 Å². The highest BCUT2D eigenvalue weighted by atomic mass is 14.2. The summed E-state index contributed by atoms with van der Waals surface area (Å²) in [5.41, 5.74) is 1.69. The average molecular weight is 164 g/mol. The summed E-state index contributed by atoms with van der Waals surface area (Å²) in [6, 6.07) is 0. The molecule has 1 aliphatic rings. The van der Waals surface area contributed by atoms with Gasteiger partial charge in [0, 0.05) is 0 Å². The zero-order valence-electron chi connectivity index (χ0n) is 8.18. The van der Waals surface area contributed by atoms with E-state index in [0.29, 0.717) is 0 Å². The van der Waals surface area contributed by atoms with Crippen molar-refractivity contribution in [2.45, 2.75) is 45.4 Å². The molecule has 0 aromatic rings. The van der Waals surface area contributed by atoms with Crippen LogP contribution in [0.25, 0.3) is 0 Å². The Kier molecular flexibility index (Phi) is 4.13. The van der Waals surface area contributed by atoms with Gasteiger partial charge in [0.1, 0.15) is 0 Å². The quantitative estimate of drug-likeness (QED) is 0.410. The van der Waals surface area contributed by atoms with Crippen molar-refractivity contribution >= 4 is 0 Å². The van der Waals surface area contributed by atoms with Crippen molar-refractivity contribution in [2.75, 3.05) is 0 Å². The molecule has 1 fully saturated rings. The van der Waals surface area contributed by atoms with Crippen molar-refractivity contribution in [2.24, 2.45) is 5.92 Å². The van der Waals surface area contributed by atoms with Crippen molar-refractivity contribution < 1.29 is 0 Å². The molecular weight excluding hydrogens is 144 g/mol. The second-order valence-electron chi connectivity index (χ2n) is 3.88. The van der Waals surface area contributed by atoms with E-state index in [-0.39, 0.29) is 0 Å². The predicted molar refractivity (Wildman–Crippen MR) is 55.1 cm³/mol. The standard InChI is InChI=1S/C12H20/c1-3-4-5-6-7-11(2)10-12-8-9-12/h3,10-11H,1,4-9H2,2H3. The molecule has 0 heteroatoms. The SMILES string of the molecule is C=CCCCCC(C)C=C1CC1. The van der Waals surface area contributed by atoms with Gasteiger partial charge in [-0.2, -0.15) is 0 Å². The van der Waals surface area contributed by atoms with Crippen molar-refractivity contribution in [3.8, 4) is 0 Å². The van der Waals surface area contributed by atoms with Crippen molar-refractivity contribution in [1.82, 2.24) is 0 Å². The summed E-state index contributed by atoms with van der Waals surface area (Å²) in [5.74, 6) is 0.812.